The van der Waals surface area contributed by atoms with E-state index < -0.39 is 0 Å². The highest BCUT2D eigenvalue weighted by Crippen LogP contribution is 2.45. The van der Waals surface area contributed by atoms with E-state index in [1.165, 1.54) is 93.7 Å². The molecule has 0 aliphatic carbocycles. The summed E-state index contributed by atoms with van der Waals surface area (Å²) in [7, 11) is 0. The smallest absolute Gasteiger partial charge is 0.0541 e. The lowest BCUT2D eigenvalue weighted by Gasteiger charge is -2.20. The quantitative estimate of drug-likeness (QED) is 0.152. The fourth-order valence-electron chi connectivity index (χ4n) is 9.74. The Balaban J connectivity index is 1.03. The van der Waals surface area contributed by atoms with Crippen molar-refractivity contribution >= 4 is 43.6 Å². The lowest BCUT2D eigenvalue weighted by molar-refractivity contribution is 1.18. The molecule has 0 spiro atoms. The summed E-state index contributed by atoms with van der Waals surface area (Å²) in [6.45, 7) is 0. The van der Waals surface area contributed by atoms with Crippen LogP contribution in [0, 0.1) is 0 Å². The Labute approximate surface area is 360 Å². The SMILES string of the molecule is c1ccc(-c2cccc(-c3ccc(-c4ccc(-n5c6ccccc6c6ccccc65)cc4)cc3-c3ccc(-n4c5ccccc5c5ccccc54)cc3)c2-c2ccccc2)cc1. The van der Waals surface area contributed by atoms with Crippen molar-refractivity contribution in [3.63, 3.8) is 0 Å². The molecule has 2 heteroatoms. The molecule has 0 amide bonds. The summed E-state index contributed by atoms with van der Waals surface area (Å²) in [5, 5.41) is 5.06. The molecule has 0 aliphatic heterocycles. The van der Waals surface area contributed by atoms with E-state index in [4.69, 9.17) is 0 Å². The fraction of sp³-hybridized carbons (Fsp3) is 0. The highest BCUT2D eigenvalue weighted by Gasteiger charge is 2.19. The average molecular weight is 789 g/mol. The zero-order valence-corrected chi connectivity index (χ0v) is 34.0. The van der Waals surface area contributed by atoms with Gasteiger partial charge in [0.25, 0.3) is 0 Å². The second kappa shape index (κ2) is 14.8. The molecular weight excluding hydrogens is 749 g/mol. The standard InChI is InChI=1S/C60H40N2/c1-3-16-42(17-4-1)48-24-15-25-54(60(48)44-18-5-2-6-19-44)49-39-34-45(41-30-35-46(36-31-41)61-56-26-11-7-20-50(56)51-21-8-12-27-57(51)61)40-55(49)43-32-37-47(38-33-43)62-58-28-13-9-22-52(58)53-23-10-14-29-59(53)62/h1-40H. The van der Waals surface area contributed by atoms with Gasteiger partial charge >= 0.3 is 0 Å². The van der Waals surface area contributed by atoms with E-state index in [2.05, 4.69) is 252 Å². The minimum absolute atomic E-state index is 1.14. The number of para-hydroxylation sites is 4. The summed E-state index contributed by atoms with van der Waals surface area (Å²) in [4.78, 5) is 0. The van der Waals surface area contributed by atoms with Crippen LogP contribution in [0.25, 0.3) is 111 Å². The monoisotopic (exact) mass is 788 g/mol. The van der Waals surface area contributed by atoms with Crippen LogP contribution in [0.15, 0.2) is 243 Å². The Morgan fingerprint density at radius 3 is 1.10 bits per heavy atom. The summed E-state index contributed by atoms with van der Waals surface area (Å²) < 4.78 is 4.77. The van der Waals surface area contributed by atoms with E-state index in [1.807, 2.05) is 0 Å². The molecule has 2 aromatic heterocycles. The Kier molecular flexibility index (Phi) is 8.53. The molecule has 2 nitrogen and oxygen atoms in total. The highest BCUT2D eigenvalue weighted by molar-refractivity contribution is 6.10. The highest BCUT2D eigenvalue weighted by atomic mass is 15.0. The maximum Gasteiger partial charge on any atom is 0.0541 e. The Bertz CT molecular complexity index is 3490. The molecule has 0 atom stereocenters. The Morgan fingerprint density at radius 1 is 0.210 bits per heavy atom. The number of aromatic nitrogens is 2. The van der Waals surface area contributed by atoms with E-state index in [9.17, 15) is 0 Å². The largest absolute Gasteiger partial charge is 0.309 e. The molecule has 0 radical (unpaired) electrons. The lowest BCUT2D eigenvalue weighted by Crippen LogP contribution is -1.96. The van der Waals surface area contributed by atoms with Gasteiger partial charge in [0.15, 0.2) is 0 Å². The van der Waals surface area contributed by atoms with Crippen LogP contribution in [-0.2, 0) is 0 Å². The zero-order chi connectivity index (χ0) is 41.0. The second-order valence-electron chi connectivity index (χ2n) is 16.1. The van der Waals surface area contributed by atoms with Crippen molar-refractivity contribution in [2.24, 2.45) is 0 Å². The zero-order valence-electron chi connectivity index (χ0n) is 34.0. The summed E-state index contributed by atoms with van der Waals surface area (Å²) in [6, 6.07) is 88.5. The molecule has 62 heavy (non-hydrogen) atoms. The first-order valence-corrected chi connectivity index (χ1v) is 21.3. The van der Waals surface area contributed by atoms with E-state index in [0.717, 1.165) is 16.9 Å². The van der Waals surface area contributed by atoms with Crippen molar-refractivity contribution in [2.45, 2.75) is 0 Å². The second-order valence-corrected chi connectivity index (χ2v) is 16.1. The molecule has 2 heterocycles. The summed E-state index contributed by atoms with van der Waals surface area (Å²) in [6.07, 6.45) is 0. The van der Waals surface area contributed by atoms with Crippen molar-refractivity contribution < 1.29 is 0 Å². The van der Waals surface area contributed by atoms with Crippen molar-refractivity contribution in [1.29, 1.82) is 0 Å². The summed E-state index contributed by atoms with van der Waals surface area (Å²) in [5.74, 6) is 0. The van der Waals surface area contributed by atoms with E-state index in [0.29, 0.717) is 0 Å². The molecule has 0 fully saturated rings. The van der Waals surface area contributed by atoms with Crippen LogP contribution in [0.3, 0.4) is 0 Å². The average Bonchev–Trinajstić information content (AvgIpc) is 3.87. The molecule has 10 aromatic carbocycles. The Morgan fingerprint density at radius 2 is 0.597 bits per heavy atom. The molecule has 0 saturated carbocycles. The molecular formula is C60H40N2. The van der Waals surface area contributed by atoms with Gasteiger partial charge in [-0.25, -0.2) is 0 Å². The van der Waals surface area contributed by atoms with Gasteiger partial charge in [0, 0.05) is 32.9 Å². The predicted molar refractivity (Wildman–Crippen MR) is 262 cm³/mol. The van der Waals surface area contributed by atoms with Crippen molar-refractivity contribution in [1.82, 2.24) is 9.13 Å². The number of hydrogen-bond donors (Lipinski definition) is 0. The van der Waals surface area contributed by atoms with Crippen LogP contribution in [0.4, 0.5) is 0 Å². The fourth-order valence-corrected chi connectivity index (χ4v) is 9.74. The van der Waals surface area contributed by atoms with Gasteiger partial charge in [-0.15, -0.1) is 0 Å². The third-order valence-electron chi connectivity index (χ3n) is 12.6. The molecule has 0 unspecified atom stereocenters. The number of fused-ring (bicyclic) bond motifs is 6. The van der Waals surface area contributed by atoms with Gasteiger partial charge in [-0.2, -0.15) is 0 Å². The van der Waals surface area contributed by atoms with Gasteiger partial charge in [0.05, 0.1) is 22.1 Å². The van der Waals surface area contributed by atoms with Crippen molar-refractivity contribution in [3.8, 4) is 67.0 Å². The summed E-state index contributed by atoms with van der Waals surface area (Å²) in [5.41, 5.74) is 19.0. The number of benzene rings is 10. The van der Waals surface area contributed by atoms with Gasteiger partial charge in [-0.05, 0) is 110 Å². The molecule has 12 aromatic rings. The van der Waals surface area contributed by atoms with Crippen LogP contribution in [-0.4, -0.2) is 9.13 Å². The van der Waals surface area contributed by atoms with Crippen LogP contribution in [0.2, 0.25) is 0 Å². The van der Waals surface area contributed by atoms with Gasteiger partial charge in [-0.3, -0.25) is 0 Å². The van der Waals surface area contributed by atoms with E-state index >= 15 is 0 Å². The van der Waals surface area contributed by atoms with Gasteiger partial charge in [-0.1, -0.05) is 188 Å². The first-order valence-electron chi connectivity index (χ1n) is 21.3. The minimum atomic E-state index is 1.14. The first-order chi connectivity index (χ1) is 30.8. The molecule has 0 aliphatic rings. The Hall–Kier alpha value is -8.20. The maximum absolute atomic E-state index is 2.39. The molecule has 290 valence electrons. The normalized spacial score (nSPS) is 11.5. The number of nitrogens with zero attached hydrogens (tertiary/aromatic N) is 2. The van der Waals surface area contributed by atoms with Gasteiger partial charge in [0.2, 0.25) is 0 Å². The minimum Gasteiger partial charge on any atom is -0.309 e. The third kappa shape index (κ3) is 5.88. The van der Waals surface area contributed by atoms with Crippen LogP contribution in [0.1, 0.15) is 0 Å². The predicted octanol–water partition coefficient (Wildman–Crippen LogP) is 16.2. The van der Waals surface area contributed by atoms with Crippen molar-refractivity contribution in [3.05, 3.63) is 243 Å². The van der Waals surface area contributed by atoms with E-state index in [-0.39, 0.29) is 0 Å². The lowest BCUT2D eigenvalue weighted by atomic mass is 9.84. The van der Waals surface area contributed by atoms with E-state index in [1.54, 1.807) is 0 Å². The number of hydrogen-bond acceptors (Lipinski definition) is 0. The van der Waals surface area contributed by atoms with Crippen LogP contribution < -0.4 is 0 Å². The molecule has 0 N–H and O–H groups in total. The van der Waals surface area contributed by atoms with Gasteiger partial charge < -0.3 is 9.13 Å². The summed E-state index contributed by atoms with van der Waals surface area (Å²) >= 11 is 0. The van der Waals surface area contributed by atoms with Crippen molar-refractivity contribution in [2.75, 3.05) is 0 Å². The first kappa shape index (κ1) is 35.7. The van der Waals surface area contributed by atoms with Crippen LogP contribution >= 0.6 is 0 Å². The third-order valence-corrected chi connectivity index (χ3v) is 12.6. The molecule has 0 bridgehead atoms. The molecule has 12 rings (SSSR count). The van der Waals surface area contributed by atoms with Gasteiger partial charge in [0.1, 0.15) is 0 Å². The van der Waals surface area contributed by atoms with Crippen LogP contribution in [0.5, 0.6) is 0 Å². The maximum atomic E-state index is 2.39. The topological polar surface area (TPSA) is 9.86 Å². The number of rotatable bonds is 7. The molecule has 0 saturated heterocycles.